The maximum atomic E-state index is 12.7. The number of hydrogen-bond donors (Lipinski definition) is 4. The van der Waals surface area contributed by atoms with E-state index in [-0.39, 0.29) is 11.7 Å². The molecular formula is C29H36N4O5S. The lowest BCUT2D eigenvalue weighted by Crippen LogP contribution is -2.30. The number of rotatable bonds is 11. The van der Waals surface area contributed by atoms with Crippen molar-refractivity contribution in [2.45, 2.75) is 50.7 Å². The van der Waals surface area contributed by atoms with Crippen molar-refractivity contribution in [2.24, 2.45) is 0 Å². The van der Waals surface area contributed by atoms with E-state index < -0.39 is 22.0 Å². The summed E-state index contributed by atoms with van der Waals surface area (Å²) in [6.45, 7) is 1.05. The van der Waals surface area contributed by atoms with Crippen molar-refractivity contribution in [3.8, 4) is 16.9 Å². The molecule has 1 amide bonds. The normalized spacial score (nSPS) is 15.0. The van der Waals surface area contributed by atoms with E-state index in [9.17, 15) is 18.3 Å². The second kappa shape index (κ2) is 13.1. The van der Waals surface area contributed by atoms with Crippen LogP contribution in [0.15, 0.2) is 60.9 Å². The summed E-state index contributed by atoms with van der Waals surface area (Å²) in [6.07, 6.45) is 9.31. The monoisotopic (exact) mass is 552 g/mol. The highest BCUT2D eigenvalue weighted by molar-refractivity contribution is 7.89. The zero-order valence-corrected chi connectivity index (χ0v) is 22.9. The quantitative estimate of drug-likeness (QED) is 0.264. The molecule has 3 aromatic rings. The molecule has 1 fully saturated rings. The third-order valence-electron chi connectivity index (χ3n) is 6.81. The molecule has 208 valence electrons. The molecule has 39 heavy (non-hydrogen) atoms. The molecule has 0 radical (unpaired) electrons. The van der Waals surface area contributed by atoms with E-state index in [1.807, 2.05) is 35.1 Å². The smallest absolute Gasteiger partial charge is 0.268 e. The Morgan fingerprint density at radius 1 is 1.10 bits per heavy atom. The number of carbonyl (C=O) groups excluding carboxylic acids is 1. The van der Waals surface area contributed by atoms with Crippen molar-refractivity contribution in [1.29, 1.82) is 0 Å². The zero-order chi connectivity index (χ0) is 27.8. The van der Waals surface area contributed by atoms with Crippen LogP contribution >= 0.6 is 0 Å². The molecule has 1 atom stereocenters. The molecule has 0 unspecified atom stereocenters. The number of nitrogen functional groups attached to an aromatic ring is 1. The molecule has 10 heteroatoms. The topological polar surface area (TPSA) is 144 Å². The van der Waals surface area contributed by atoms with Crippen molar-refractivity contribution in [3.05, 3.63) is 77.6 Å². The highest BCUT2D eigenvalue weighted by Gasteiger charge is 2.21. The van der Waals surface area contributed by atoms with Crippen LogP contribution in [0, 0.1) is 0 Å². The Kier molecular flexibility index (Phi) is 9.55. The van der Waals surface area contributed by atoms with Gasteiger partial charge in [0.2, 0.25) is 10.0 Å². The minimum Gasteiger partial charge on any atom is -0.490 e. The van der Waals surface area contributed by atoms with Crippen LogP contribution in [0.2, 0.25) is 0 Å². The van der Waals surface area contributed by atoms with E-state index in [1.165, 1.54) is 6.42 Å². The number of ether oxygens (including phenoxy) is 1. The van der Waals surface area contributed by atoms with Gasteiger partial charge in [0.15, 0.2) is 0 Å². The Labute approximate surface area is 229 Å². The van der Waals surface area contributed by atoms with Crippen LogP contribution in [0.25, 0.3) is 11.1 Å². The van der Waals surface area contributed by atoms with Crippen LogP contribution in [-0.2, 0) is 16.4 Å². The first-order valence-corrected chi connectivity index (χ1v) is 15.1. The van der Waals surface area contributed by atoms with Gasteiger partial charge in [0.25, 0.3) is 5.91 Å². The molecule has 1 aliphatic rings. The van der Waals surface area contributed by atoms with Crippen LogP contribution < -0.4 is 20.5 Å². The number of hydrogen-bond acceptors (Lipinski definition) is 8. The molecule has 0 spiro atoms. The third kappa shape index (κ3) is 8.26. The van der Waals surface area contributed by atoms with Gasteiger partial charge in [0, 0.05) is 30.2 Å². The van der Waals surface area contributed by atoms with Crippen molar-refractivity contribution < 1.29 is 23.1 Å². The summed E-state index contributed by atoms with van der Waals surface area (Å²) in [5.41, 5.74) is 10.2. The zero-order valence-electron chi connectivity index (χ0n) is 22.1. The standard InChI is InChI=1S/C29H36N4O5S/c1-39(36,37)33-29(35)24-12-11-22(17-28(24)38-23-5-3-2-4-6-23)21-9-7-20(8-10-21)13-15-32-19-27(34)25-18-31-16-14-26(25)30/h7-12,14,16-18,23,27,32,34H,2-6,13,15,19H2,1H3,(H2,30,31)(H,33,35)/t27-/m0/s1. The summed E-state index contributed by atoms with van der Waals surface area (Å²) in [5, 5.41) is 13.6. The number of aliphatic hydroxyl groups excluding tert-OH is 1. The van der Waals surface area contributed by atoms with Crippen LogP contribution in [0.5, 0.6) is 5.75 Å². The van der Waals surface area contributed by atoms with E-state index in [0.717, 1.165) is 55.1 Å². The fourth-order valence-electron chi connectivity index (χ4n) is 4.71. The third-order valence-corrected chi connectivity index (χ3v) is 7.37. The summed E-state index contributed by atoms with van der Waals surface area (Å²) < 4.78 is 31.6. The molecule has 1 saturated carbocycles. The number of sulfonamides is 1. The van der Waals surface area contributed by atoms with E-state index in [0.29, 0.717) is 30.1 Å². The van der Waals surface area contributed by atoms with Gasteiger partial charge in [0.1, 0.15) is 5.75 Å². The Bertz CT molecular complexity index is 1370. The predicted molar refractivity (Wildman–Crippen MR) is 152 cm³/mol. The maximum Gasteiger partial charge on any atom is 0.268 e. The van der Waals surface area contributed by atoms with Gasteiger partial charge in [-0.15, -0.1) is 0 Å². The number of nitrogens with two attached hydrogens (primary N) is 1. The molecule has 4 rings (SSSR count). The first kappa shape index (κ1) is 28.5. The van der Waals surface area contributed by atoms with Crippen molar-refractivity contribution in [1.82, 2.24) is 15.0 Å². The lowest BCUT2D eigenvalue weighted by molar-refractivity contribution is 0.0969. The van der Waals surface area contributed by atoms with Gasteiger partial charge in [-0.05, 0) is 73.5 Å². The molecule has 1 aromatic heterocycles. The van der Waals surface area contributed by atoms with Crippen LogP contribution in [-0.4, -0.2) is 49.9 Å². The van der Waals surface area contributed by atoms with Crippen LogP contribution in [0.1, 0.15) is 59.7 Å². The molecule has 1 heterocycles. The SMILES string of the molecule is CS(=O)(=O)NC(=O)c1ccc(-c2ccc(CCNC[C@H](O)c3cnccc3N)cc2)cc1OC1CCCCC1. The molecule has 0 saturated heterocycles. The van der Waals surface area contributed by atoms with Crippen molar-refractivity contribution in [2.75, 3.05) is 25.1 Å². The predicted octanol–water partition coefficient (Wildman–Crippen LogP) is 3.60. The number of pyridine rings is 1. The molecular weight excluding hydrogens is 516 g/mol. The van der Waals surface area contributed by atoms with Crippen molar-refractivity contribution >= 4 is 21.6 Å². The van der Waals surface area contributed by atoms with Gasteiger partial charge in [-0.3, -0.25) is 9.78 Å². The van der Waals surface area contributed by atoms with Gasteiger partial charge in [-0.1, -0.05) is 36.8 Å². The summed E-state index contributed by atoms with van der Waals surface area (Å²) in [6, 6.07) is 15.0. The fourth-order valence-corrected chi connectivity index (χ4v) is 5.16. The maximum absolute atomic E-state index is 12.7. The Hall–Kier alpha value is -3.47. The largest absolute Gasteiger partial charge is 0.490 e. The van der Waals surface area contributed by atoms with Crippen molar-refractivity contribution in [3.63, 3.8) is 0 Å². The summed E-state index contributed by atoms with van der Waals surface area (Å²) in [7, 11) is -3.70. The first-order chi connectivity index (χ1) is 18.7. The number of aromatic nitrogens is 1. The van der Waals surface area contributed by atoms with E-state index in [4.69, 9.17) is 10.5 Å². The van der Waals surface area contributed by atoms with Gasteiger partial charge in [-0.2, -0.15) is 0 Å². The number of nitrogens with one attached hydrogen (secondary N) is 2. The molecule has 0 aliphatic heterocycles. The first-order valence-electron chi connectivity index (χ1n) is 13.2. The highest BCUT2D eigenvalue weighted by atomic mass is 32.2. The number of benzene rings is 2. The van der Waals surface area contributed by atoms with Crippen LogP contribution in [0.4, 0.5) is 5.69 Å². The number of amides is 1. The second-order valence-electron chi connectivity index (χ2n) is 9.96. The fraction of sp³-hybridized carbons (Fsp3) is 0.379. The average Bonchev–Trinajstić information content (AvgIpc) is 2.91. The second-order valence-corrected chi connectivity index (χ2v) is 11.7. The Morgan fingerprint density at radius 3 is 2.51 bits per heavy atom. The summed E-state index contributed by atoms with van der Waals surface area (Å²) in [4.78, 5) is 16.7. The lowest BCUT2D eigenvalue weighted by Gasteiger charge is -2.24. The number of aliphatic hydroxyl groups is 1. The van der Waals surface area contributed by atoms with E-state index in [1.54, 1.807) is 30.6 Å². The summed E-state index contributed by atoms with van der Waals surface area (Å²) in [5.74, 6) is -0.310. The van der Waals surface area contributed by atoms with Gasteiger partial charge < -0.3 is 20.9 Å². The molecule has 5 N–H and O–H groups in total. The molecule has 2 aromatic carbocycles. The van der Waals surface area contributed by atoms with Gasteiger partial charge >= 0.3 is 0 Å². The number of carbonyl (C=O) groups is 1. The van der Waals surface area contributed by atoms with Gasteiger partial charge in [-0.25, -0.2) is 13.1 Å². The Balaban J connectivity index is 1.41. The molecule has 1 aliphatic carbocycles. The minimum absolute atomic E-state index is 0.00164. The van der Waals surface area contributed by atoms with Gasteiger partial charge in [0.05, 0.1) is 24.0 Å². The van der Waals surface area contributed by atoms with Crippen LogP contribution in [0.3, 0.4) is 0 Å². The average molecular weight is 553 g/mol. The van der Waals surface area contributed by atoms with E-state index >= 15 is 0 Å². The lowest BCUT2D eigenvalue weighted by atomic mass is 9.97. The number of nitrogens with zero attached hydrogens (tertiary/aromatic N) is 1. The number of anilines is 1. The molecule has 9 nitrogen and oxygen atoms in total. The minimum atomic E-state index is -3.70. The molecule has 0 bridgehead atoms. The Morgan fingerprint density at radius 2 is 1.82 bits per heavy atom. The highest BCUT2D eigenvalue weighted by Crippen LogP contribution is 2.31. The van der Waals surface area contributed by atoms with E-state index in [2.05, 4.69) is 10.3 Å². The summed E-state index contributed by atoms with van der Waals surface area (Å²) >= 11 is 0.